The highest BCUT2D eigenvalue weighted by atomic mass is 127. The first-order valence-corrected chi connectivity index (χ1v) is 8.77. The van der Waals surface area contributed by atoms with Gasteiger partial charge >= 0.3 is 11.9 Å². The summed E-state index contributed by atoms with van der Waals surface area (Å²) in [5.74, 6) is -1.12. The predicted molar refractivity (Wildman–Crippen MR) is 100 cm³/mol. The molecule has 1 aromatic carbocycles. The van der Waals surface area contributed by atoms with E-state index in [0.717, 1.165) is 8.09 Å². The number of hydrogen-bond donors (Lipinski definition) is 1. The average molecular weight is 467 g/mol. The van der Waals surface area contributed by atoms with Crippen molar-refractivity contribution in [2.24, 2.45) is 0 Å². The molecule has 3 aromatic rings. The molecule has 26 heavy (non-hydrogen) atoms. The van der Waals surface area contributed by atoms with Crippen molar-refractivity contribution in [2.75, 3.05) is 6.61 Å². The zero-order valence-corrected chi connectivity index (χ0v) is 15.8. The van der Waals surface area contributed by atoms with Gasteiger partial charge in [-0.3, -0.25) is 9.89 Å². The first-order valence-electron chi connectivity index (χ1n) is 7.69. The number of carbonyl (C=O) groups excluding carboxylic acids is 2. The summed E-state index contributed by atoms with van der Waals surface area (Å²) in [5, 5.41) is 2.65. The molecule has 3 rings (SSSR count). The highest BCUT2D eigenvalue weighted by molar-refractivity contribution is 14.1. The van der Waals surface area contributed by atoms with Crippen LogP contribution in [0.4, 0.5) is 0 Å². The summed E-state index contributed by atoms with van der Waals surface area (Å²) in [6.07, 6.45) is 1.35. The number of halogens is 1. The van der Waals surface area contributed by atoms with Crippen molar-refractivity contribution in [3.05, 3.63) is 67.3 Å². The Hall–Kier alpha value is -2.69. The van der Waals surface area contributed by atoms with Gasteiger partial charge in [0.1, 0.15) is 12.2 Å². The van der Waals surface area contributed by atoms with Crippen LogP contribution in [-0.4, -0.2) is 33.1 Å². The predicted octanol–water partition coefficient (Wildman–Crippen LogP) is 2.16. The van der Waals surface area contributed by atoms with Crippen LogP contribution >= 0.6 is 22.6 Å². The van der Waals surface area contributed by atoms with Gasteiger partial charge in [-0.25, -0.2) is 19.1 Å². The monoisotopic (exact) mass is 467 g/mol. The molecule has 134 valence electrons. The highest BCUT2D eigenvalue weighted by Crippen LogP contribution is 2.11. The Morgan fingerprint density at radius 2 is 1.92 bits per heavy atom. The molecule has 0 aliphatic rings. The van der Waals surface area contributed by atoms with Crippen molar-refractivity contribution < 1.29 is 19.1 Å². The summed E-state index contributed by atoms with van der Waals surface area (Å²) in [6.45, 7) is 1.69. The molecule has 0 unspecified atom stereocenters. The van der Waals surface area contributed by atoms with Crippen LogP contribution in [0.15, 0.2) is 41.3 Å². The van der Waals surface area contributed by atoms with Gasteiger partial charge < -0.3 is 9.47 Å². The van der Waals surface area contributed by atoms with Crippen LogP contribution < -0.4 is 5.56 Å². The molecule has 0 amide bonds. The van der Waals surface area contributed by atoms with E-state index in [2.05, 4.69) is 32.7 Å². The number of aromatic amines is 1. The summed E-state index contributed by atoms with van der Waals surface area (Å²) in [6, 6.07) is 8.12. The minimum absolute atomic E-state index is 0.122. The molecular weight excluding hydrogens is 453 g/mol. The Balaban J connectivity index is 1.83. The zero-order valence-electron chi connectivity index (χ0n) is 13.7. The SMILES string of the molecule is CCOC(=O)c1c[nH]n2c(=O)cc(COC(=O)c3ccc(I)cc3)nc12. The fraction of sp³-hybridized carbons (Fsp3) is 0.176. The molecule has 0 fully saturated rings. The van der Waals surface area contributed by atoms with Crippen LogP contribution in [0.5, 0.6) is 0 Å². The number of carbonyl (C=O) groups is 2. The molecule has 0 aliphatic carbocycles. The smallest absolute Gasteiger partial charge is 0.343 e. The van der Waals surface area contributed by atoms with Gasteiger partial charge in [0.2, 0.25) is 0 Å². The summed E-state index contributed by atoms with van der Waals surface area (Å²) in [4.78, 5) is 40.4. The molecule has 2 aromatic heterocycles. The van der Waals surface area contributed by atoms with Gasteiger partial charge in [-0.1, -0.05) is 0 Å². The summed E-state index contributed by atoms with van der Waals surface area (Å²) >= 11 is 2.14. The van der Waals surface area contributed by atoms with Crippen molar-refractivity contribution >= 4 is 40.2 Å². The molecule has 8 nitrogen and oxygen atoms in total. The Bertz CT molecular complexity index is 1020. The number of fused-ring (bicyclic) bond motifs is 1. The van der Waals surface area contributed by atoms with Crippen molar-refractivity contribution in [2.45, 2.75) is 13.5 Å². The van der Waals surface area contributed by atoms with Crippen LogP contribution in [0.2, 0.25) is 0 Å². The summed E-state index contributed by atoms with van der Waals surface area (Å²) < 4.78 is 12.3. The first kappa shape index (κ1) is 18.1. The average Bonchev–Trinajstić information content (AvgIpc) is 3.05. The van der Waals surface area contributed by atoms with E-state index in [4.69, 9.17) is 9.47 Å². The number of nitrogens with one attached hydrogen (secondary N) is 1. The lowest BCUT2D eigenvalue weighted by molar-refractivity contribution is 0.0465. The van der Waals surface area contributed by atoms with Gasteiger partial charge in [0.15, 0.2) is 5.65 Å². The fourth-order valence-electron chi connectivity index (χ4n) is 2.27. The summed E-state index contributed by atoms with van der Waals surface area (Å²) in [5.41, 5.74) is 0.466. The molecular formula is C17H14IN3O5. The van der Waals surface area contributed by atoms with E-state index in [9.17, 15) is 14.4 Å². The number of ether oxygens (including phenoxy) is 2. The lowest BCUT2D eigenvalue weighted by Crippen LogP contribution is -2.17. The molecule has 0 radical (unpaired) electrons. The van der Waals surface area contributed by atoms with Crippen molar-refractivity contribution in [1.82, 2.24) is 14.6 Å². The van der Waals surface area contributed by atoms with E-state index in [1.807, 2.05) is 0 Å². The van der Waals surface area contributed by atoms with Gasteiger partial charge in [0.05, 0.1) is 17.9 Å². The van der Waals surface area contributed by atoms with Crippen LogP contribution in [0.25, 0.3) is 5.65 Å². The molecule has 0 aliphatic heterocycles. The second-order valence-corrected chi connectivity index (χ2v) is 6.48. The minimum atomic E-state index is -0.591. The van der Waals surface area contributed by atoms with Crippen LogP contribution in [0.1, 0.15) is 33.3 Å². The normalized spacial score (nSPS) is 10.7. The second-order valence-electron chi connectivity index (χ2n) is 5.24. The maximum Gasteiger partial charge on any atom is 0.343 e. The van der Waals surface area contributed by atoms with E-state index in [0.29, 0.717) is 5.56 Å². The lowest BCUT2D eigenvalue weighted by atomic mass is 10.2. The Morgan fingerprint density at radius 1 is 1.19 bits per heavy atom. The van der Waals surface area contributed by atoms with Gasteiger partial charge in [-0.15, -0.1) is 0 Å². The van der Waals surface area contributed by atoms with Gasteiger partial charge in [-0.05, 0) is 53.8 Å². The second kappa shape index (κ2) is 7.68. The third-order valence-corrected chi connectivity index (χ3v) is 4.20. The van der Waals surface area contributed by atoms with E-state index in [1.165, 1.54) is 12.3 Å². The number of nitrogens with zero attached hydrogens (tertiary/aromatic N) is 2. The van der Waals surface area contributed by atoms with Crippen molar-refractivity contribution in [3.63, 3.8) is 0 Å². The Morgan fingerprint density at radius 3 is 2.62 bits per heavy atom. The van der Waals surface area contributed by atoms with Gasteiger partial charge in [0, 0.05) is 15.8 Å². The molecule has 0 saturated heterocycles. The quantitative estimate of drug-likeness (QED) is 0.456. The number of esters is 2. The molecule has 9 heteroatoms. The fourth-order valence-corrected chi connectivity index (χ4v) is 2.63. The Kier molecular flexibility index (Phi) is 5.35. The van der Waals surface area contributed by atoms with Crippen LogP contribution in [-0.2, 0) is 16.1 Å². The standard InChI is InChI=1S/C17H14IN3O5/c1-2-25-17(24)13-8-19-21-14(22)7-12(20-15(13)21)9-26-16(23)10-3-5-11(18)6-4-10/h3-8,19H,2,9H2,1H3. The maximum atomic E-state index is 12.1. The number of hydrogen-bond acceptors (Lipinski definition) is 6. The third-order valence-electron chi connectivity index (χ3n) is 3.48. The summed E-state index contributed by atoms with van der Waals surface area (Å²) in [7, 11) is 0. The van der Waals surface area contributed by atoms with E-state index in [-0.39, 0.29) is 30.1 Å². The lowest BCUT2D eigenvalue weighted by Gasteiger charge is -2.05. The van der Waals surface area contributed by atoms with Crippen LogP contribution in [0.3, 0.4) is 0 Å². The van der Waals surface area contributed by atoms with Crippen molar-refractivity contribution in [1.29, 1.82) is 0 Å². The van der Waals surface area contributed by atoms with E-state index < -0.39 is 17.5 Å². The van der Waals surface area contributed by atoms with Gasteiger partial charge in [0.25, 0.3) is 5.56 Å². The first-order chi connectivity index (χ1) is 12.5. The number of benzene rings is 1. The minimum Gasteiger partial charge on any atom is -0.462 e. The number of aromatic nitrogens is 3. The van der Waals surface area contributed by atoms with Crippen molar-refractivity contribution in [3.8, 4) is 0 Å². The molecule has 0 spiro atoms. The topological polar surface area (TPSA) is 103 Å². The maximum absolute atomic E-state index is 12.1. The zero-order chi connectivity index (χ0) is 18.7. The molecule has 0 bridgehead atoms. The molecule has 0 atom stereocenters. The highest BCUT2D eigenvalue weighted by Gasteiger charge is 2.17. The number of H-pyrrole nitrogens is 1. The Labute approximate surface area is 161 Å². The molecule has 0 saturated carbocycles. The third kappa shape index (κ3) is 3.77. The van der Waals surface area contributed by atoms with Gasteiger partial charge in [-0.2, -0.15) is 0 Å². The van der Waals surface area contributed by atoms with E-state index >= 15 is 0 Å². The van der Waals surface area contributed by atoms with E-state index in [1.54, 1.807) is 31.2 Å². The molecule has 1 N–H and O–H groups in total. The van der Waals surface area contributed by atoms with Crippen LogP contribution in [0, 0.1) is 3.57 Å². The molecule has 2 heterocycles. The number of rotatable bonds is 5. The largest absolute Gasteiger partial charge is 0.462 e.